The van der Waals surface area contributed by atoms with E-state index in [4.69, 9.17) is 0 Å². The number of carbonyl (C=O) groups is 1. The van der Waals surface area contributed by atoms with Crippen LogP contribution in [0.1, 0.15) is 42.5 Å². The number of carbonyl (C=O) groups excluding carboxylic acids is 1. The van der Waals surface area contributed by atoms with E-state index in [-0.39, 0.29) is 17.9 Å². The van der Waals surface area contributed by atoms with Crippen molar-refractivity contribution >= 4 is 16.1 Å². The first kappa shape index (κ1) is 19.9. The molecule has 1 fully saturated rings. The summed E-state index contributed by atoms with van der Waals surface area (Å²) in [6, 6.07) is 6.18. The van der Waals surface area contributed by atoms with Crippen LogP contribution in [0.3, 0.4) is 0 Å². The van der Waals surface area contributed by atoms with Crippen molar-refractivity contribution in [2.24, 2.45) is 5.92 Å². The second-order valence-electron chi connectivity index (χ2n) is 7.05. The van der Waals surface area contributed by atoms with Gasteiger partial charge in [-0.15, -0.1) is 0 Å². The minimum absolute atomic E-state index is 0.00954. The predicted molar refractivity (Wildman–Crippen MR) is 99.4 cm³/mol. The summed E-state index contributed by atoms with van der Waals surface area (Å²) in [7, 11) is -0.335. The van der Waals surface area contributed by atoms with Crippen molar-refractivity contribution < 1.29 is 13.2 Å². The molecule has 0 aromatic heterocycles. The van der Waals surface area contributed by atoms with Crippen LogP contribution in [0.2, 0.25) is 0 Å². The summed E-state index contributed by atoms with van der Waals surface area (Å²) in [5.41, 5.74) is 3.45. The quantitative estimate of drug-likeness (QED) is 0.865. The van der Waals surface area contributed by atoms with Crippen LogP contribution in [0.15, 0.2) is 18.2 Å². The van der Waals surface area contributed by atoms with Gasteiger partial charge in [0.2, 0.25) is 5.91 Å². The molecule has 1 aliphatic rings. The molecule has 2 rings (SSSR count). The lowest BCUT2D eigenvalue weighted by Crippen LogP contribution is -2.47. The third-order valence-electron chi connectivity index (χ3n) is 4.87. The summed E-state index contributed by atoms with van der Waals surface area (Å²) in [6.07, 6.45) is 1.11. The molecule has 7 heteroatoms. The number of piperidine rings is 1. The molecule has 0 radical (unpaired) electrons. The van der Waals surface area contributed by atoms with E-state index in [1.165, 1.54) is 28.3 Å². The van der Waals surface area contributed by atoms with Gasteiger partial charge in [-0.05, 0) is 44.7 Å². The molecule has 6 nitrogen and oxygen atoms in total. The summed E-state index contributed by atoms with van der Waals surface area (Å²) in [5, 5.41) is 3.09. The first-order chi connectivity index (χ1) is 11.6. The molecular weight excluding hydrogens is 338 g/mol. The lowest BCUT2D eigenvalue weighted by atomic mass is 9.95. The summed E-state index contributed by atoms with van der Waals surface area (Å²) in [5.74, 6) is -0.128. The van der Waals surface area contributed by atoms with Gasteiger partial charge >= 0.3 is 0 Å². The molecule has 0 spiro atoms. The fraction of sp³-hybridized carbons (Fsp3) is 0.611. The molecule has 0 saturated carbocycles. The van der Waals surface area contributed by atoms with Crippen LogP contribution in [-0.4, -0.2) is 50.1 Å². The Hall–Kier alpha value is -1.44. The Labute approximate surface area is 151 Å². The van der Waals surface area contributed by atoms with Gasteiger partial charge in [0.1, 0.15) is 0 Å². The minimum Gasteiger partial charge on any atom is -0.349 e. The highest BCUT2D eigenvalue weighted by Gasteiger charge is 2.32. The van der Waals surface area contributed by atoms with Crippen molar-refractivity contribution in [3.8, 4) is 0 Å². The molecule has 1 N–H and O–H groups in total. The molecule has 140 valence electrons. The number of benzene rings is 1. The molecule has 0 bridgehead atoms. The monoisotopic (exact) mass is 367 g/mol. The van der Waals surface area contributed by atoms with Crippen LogP contribution in [0, 0.1) is 19.8 Å². The summed E-state index contributed by atoms with van der Waals surface area (Å²) in [6.45, 7) is 6.85. The first-order valence-electron chi connectivity index (χ1n) is 8.68. The summed E-state index contributed by atoms with van der Waals surface area (Å²) in [4.78, 5) is 12.6. The van der Waals surface area contributed by atoms with Crippen molar-refractivity contribution in [1.82, 2.24) is 13.9 Å². The van der Waals surface area contributed by atoms with Gasteiger partial charge in [-0.2, -0.15) is 17.0 Å². The molecule has 1 aromatic rings. The van der Waals surface area contributed by atoms with Gasteiger partial charge in [-0.3, -0.25) is 4.79 Å². The van der Waals surface area contributed by atoms with Crippen molar-refractivity contribution in [3.05, 3.63) is 34.9 Å². The van der Waals surface area contributed by atoms with E-state index in [2.05, 4.69) is 23.5 Å². The lowest BCUT2D eigenvalue weighted by molar-refractivity contribution is -0.126. The zero-order valence-electron chi connectivity index (χ0n) is 15.7. The number of hydrogen-bond donors (Lipinski definition) is 1. The second kappa shape index (κ2) is 7.85. The third kappa shape index (κ3) is 4.59. The predicted octanol–water partition coefficient (Wildman–Crippen LogP) is 2.00. The van der Waals surface area contributed by atoms with Gasteiger partial charge in [0.25, 0.3) is 10.2 Å². The Morgan fingerprint density at radius 2 is 1.84 bits per heavy atom. The highest BCUT2D eigenvalue weighted by Crippen LogP contribution is 2.23. The van der Waals surface area contributed by atoms with Crippen molar-refractivity contribution in [2.75, 3.05) is 27.2 Å². The van der Waals surface area contributed by atoms with Gasteiger partial charge in [-0.1, -0.05) is 23.8 Å². The van der Waals surface area contributed by atoms with Crippen LogP contribution < -0.4 is 5.32 Å². The van der Waals surface area contributed by atoms with Crippen molar-refractivity contribution in [3.63, 3.8) is 0 Å². The highest BCUT2D eigenvalue weighted by atomic mass is 32.2. The zero-order chi connectivity index (χ0) is 18.8. The minimum atomic E-state index is -3.39. The number of rotatable bonds is 5. The van der Waals surface area contributed by atoms with Crippen molar-refractivity contribution in [2.45, 2.75) is 39.7 Å². The van der Waals surface area contributed by atoms with Gasteiger partial charge in [-0.25, -0.2) is 0 Å². The van der Waals surface area contributed by atoms with E-state index in [1.54, 1.807) is 0 Å². The SMILES string of the molecule is Cc1ccc(C)c(C(C)NC(=O)C2CCN(S(=O)(=O)N(C)C)CC2)c1. The zero-order valence-corrected chi connectivity index (χ0v) is 16.6. The largest absolute Gasteiger partial charge is 0.349 e. The van der Waals surface area contributed by atoms with E-state index in [0.29, 0.717) is 25.9 Å². The molecule has 1 amide bonds. The van der Waals surface area contributed by atoms with Gasteiger partial charge in [0.05, 0.1) is 6.04 Å². The van der Waals surface area contributed by atoms with E-state index in [1.807, 2.05) is 20.8 Å². The van der Waals surface area contributed by atoms with Gasteiger partial charge in [0, 0.05) is 33.1 Å². The number of amides is 1. The molecular formula is C18H29N3O3S. The van der Waals surface area contributed by atoms with Crippen molar-refractivity contribution in [1.29, 1.82) is 0 Å². The van der Waals surface area contributed by atoms with E-state index >= 15 is 0 Å². The fourth-order valence-electron chi connectivity index (χ4n) is 3.22. The molecule has 0 aliphatic carbocycles. The smallest absolute Gasteiger partial charge is 0.281 e. The number of nitrogens with one attached hydrogen (secondary N) is 1. The molecule has 1 aliphatic heterocycles. The van der Waals surface area contributed by atoms with E-state index in [0.717, 1.165) is 11.1 Å². The average Bonchev–Trinajstić information content (AvgIpc) is 2.56. The number of nitrogens with zero attached hydrogens (tertiary/aromatic N) is 2. The summed E-state index contributed by atoms with van der Waals surface area (Å²) < 4.78 is 27.0. The van der Waals surface area contributed by atoms with Crippen LogP contribution in [-0.2, 0) is 15.0 Å². The average molecular weight is 368 g/mol. The van der Waals surface area contributed by atoms with Crippen LogP contribution in [0.5, 0.6) is 0 Å². The molecule has 1 saturated heterocycles. The Morgan fingerprint density at radius 1 is 1.24 bits per heavy atom. The number of hydrogen-bond acceptors (Lipinski definition) is 3. The van der Waals surface area contributed by atoms with Crippen LogP contribution >= 0.6 is 0 Å². The maximum atomic E-state index is 12.6. The van der Waals surface area contributed by atoms with E-state index in [9.17, 15) is 13.2 Å². The maximum Gasteiger partial charge on any atom is 0.281 e. The molecule has 25 heavy (non-hydrogen) atoms. The maximum absolute atomic E-state index is 12.6. The Kier molecular flexibility index (Phi) is 6.24. The van der Waals surface area contributed by atoms with Gasteiger partial charge in [0.15, 0.2) is 0 Å². The first-order valence-corrected chi connectivity index (χ1v) is 10.1. The van der Waals surface area contributed by atoms with Crippen LogP contribution in [0.25, 0.3) is 0 Å². The second-order valence-corrected chi connectivity index (χ2v) is 9.20. The Balaban J connectivity index is 1.96. The third-order valence-corrected chi connectivity index (χ3v) is 6.81. The molecule has 1 aromatic carbocycles. The molecule has 1 unspecified atom stereocenters. The highest BCUT2D eigenvalue weighted by molar-refractivity contribution is 7.86. The summed E-state index contributed by atoms with van der Waals surface area (Å²) >= 11 is 0. The fourth-order valence-corrected chi connectivity index (χ4v) is 4.35. The van der Waals surface area contributed by atoms with Gasteiger partial charge < -0.3 is 5.32 Å². The molecule has 1 atom stereocenters. The van der Waals surface area contributed by atoms with Crippen LogP contribution in [0.4, 0.5) is 0 Å². The number of aryl methyl sites for hydroxylation is 2. The Morgan fingerprint density at radius 3 is 2.40 bits per heavy atom. The normalized spacial score (nSPS) is 18.3. The Bertz CT molecular complexity index is 723. The lowest BCUT2D eigenvalue weighted by Gasteiger charge is -2.32. The molecule has 1 heterocycles. The topological polar surface area (TPSA) is 69.7 Å². The van der Waals surface area contributed by atoms with E-state index < -0.39 is 10.2 Å². The standard InChI is InChI=1S/C18H29N3O3S/c1-13-6-7-14(2)17(12-13)15(3)19-18(22)16-8-10-21(11-9-16)25(23,24)20(4)5/h6-7,12,15-16H,8-11H2,1-5H3,(H,19,22).